The van der Waals surface area contributed by atoms with Crippen molar-refractivity contribution in [1.82, 2.24) is 5.32 Å². The van der Waals surface area contributed by atoms with Crippen LogP contribution in [0.3, 0.4) is 0 Å². The van der Waals surface area contributed by atoms with Crippen molar-refractivity contribution in [2.45, 2.75) is 31.6 Å². The highest BCUT2D eigenvalue weighted by atomic mass is 79.9. The summed E-state index contributed by atoms with van der Waals surface area (Å²) in [5, 5.41) is 2.87. The summed E-state index contributed by atoms with van der Waals surface area (Å²) in [5.74, 6) is 0.607. The third-order valence-corrected chi connectivity index (χ3v) is 4.54. The van der Waals surface area contributed by atoms with Crippen molar-refractivity contribution >= 4 is 27.6 Å². The summed E-state index contributed by atoms with van der Waals surface area (Å²) < 4.78 is 6.33. The van der Waals surface area contributed by atoms with Gasteiger partial charge in [-0.1, -0.05) is 15.9 Å². The number of allylic oxidation sites excluding steroid dienone is 2. The third kappa shape index (κ3) is 2.62. The maximum atomic E-state index is 12.3. The molecule has 0 fully saturated rings. The number of rotatable bonds is 2. The first-order valence-corrected chi connectivity index (χ1v) is 7.79. The summed E-state index contributed by atoms with van der Waals surface area (Å²) in [7, 11) is 1.60. The van der Waals surface area contributed by atoms with Crippen LogP contribution in [0.5, 0.6) is 5.75 Å². The third-order valence-electron chi connectivity index (χ3n) is 4.05. The molecule has 0 saturated carbocycles. The lowest BCUT2D eigenvalue weighted by molar-refractivity contribution is -0.122. The Morgan fingerprint density at radius 3 is 2.86 bits per heavy atom. The number of amides is 1. The van der Waals surface area contributed by atoms with E-state index in [1.165, 1.54) is 0 Å². The number of methoxy groups -OCH3 is 1. The van der Waals surface area contributed by atoms with E-state index in [1.807, 2.05) is 18.2 Å². The fourth-order valence-electron chi connectivity index (χ4n) is 3.15. The van der Waals surface area contributed by atoms with Crippen molar-refractivity contribution in [2.75, 3.05) is 7.11 Å². The van der Waals surface area contributed by atoms with E-state index in [4.69, 9.17) is 4.74 Å². The lowest BCUT2D eigenvalue weighted by Crippen LogP contribution is -2.36. The fraction of sp³-hybridized carbons (Fsp3) is 0.375. The normalized spacial score (nSPS) is 21.9. The molecule has 1 aliphatic carbocycles. The molecule has 1 aromatic carbocycles. The number of benzene rings is 1. The van der Waals surface area contributed by atoms with Gasteiger partial charge in [0.1, 0.15) is 5.75 Å². The zero-order chi connectivity index (χ0) is 15.0. The van der Waals surface area contributed by atoms with Gasteiger partial charge in [-0.3, -0.25) is 9.59 Å². The number of carbonyl (C=O) groups is 2. The van der Waals surface area contributed by atoms with Crippen molar-refractivity contribution in [2.24, 2.45) is 0 Å². The second-order valence-corrected chi connectivity index (χ2v) is 6.28. The number of carbonyl (C=O) groups excluding carboxylic acids is 2. The van der Waals surface area contributed by atoms with Crippen LogP contribution < -0.4 is 10.1 Å². The van der Waals surface area contributed by atoms with Crippen LogP contribution in [0.4, 0.5) is 0 Å². The Balaban J connectivity index is 2.13. The minimum absolute atomic E-state index is 0.0320. The molecule has 5 heteroatoms. The van der Waals surface area contributed by atoms with E-state index in [0.29, 0.717) is 12.2 Å². The van der Waals surface area contributed by atoms with Gasteiger partial charge in [-0.25, -0.2) is 0 Å². The molecule has 1 atom stereocenters. The Bertz CT molecular complexity index is 651. The van der Waals surface area contributed by atoms with Gasteiger partial charge in [0.15, 0.2) is 5.78 Å². The number of ether oxygens (including phenoxy) is 1. The second kappa shape index (κ2) is 5.64. The largest absolute Gasteiger partial charge is 0.496 e. The molecule has 1 aliphatic heterocycles. The van der Waals surface area contributed by atoms with Crippen LogP contribution in [0.2, 0.25) is 0 Å². The molecule has 0 spiro atoms. The van der Waals surface area contributed by atoms with Gasteiger partial charge < -0.3 is 10.1 Å². The Morgan fingerprint density at radius 1 is 1.29 bits per heavy atom. The van der Waals surface area contributed by atoms with Crippen LogP contribution in [0.1, 0.15) is 37.2 Å². The summed E-state index contributed by atoms with van der Waals surface area (Å²) >= 11 is 3.45. The van der Waals surface area contributed by atoms with Gasteiger partial charge in [-0.2, -0.15) is 0 Å². The molecule has 3 rings (SSSR count). The highest BCUT2D eigenvalue weighted by Gasteiger charge is 2.36. The number of nitrogens with one attached hydrogen (secondary N) is 1. The molecule has 1 amide bonds. The highest BCUT2D eigenvalue weighted by Crippen LogP contribution is 2.42. The van der Waals surface area contributed by atoms with E-state index < -0.39 is 0 Å². The molecule has 21 heavy (non-hydrogen) atoms. The monoisotopic (exact) mass is 349 g/mol. The van der Waals surface area contributed by atoms with E-state index in [9.17, 15) is 9.59 Å². The van der Waals surface area contributed by atoms with E-state index in [-0.39, 0.29) is 24.0 Å². The smallest absolute Gasteiger partial charge is 0.225 e. The summed E-state index contributed by atoms with van der Waals surface area (Å²) in [5.41, 5.74) is 2.45. The number of ketones is 1. The number of halogens is 1. The second-order valence-electron chi connectivity index (χ2n) is 5.36. The minimum Gasteiger partial charge on any atom is -0.496 e. The first kappa shape index (κ1) is 14.3. The molecule has 1 unspecified atom stereocenters. The molecule has 0 aromatic heterocycles. The molecule has 0 radical (unpaired) electrons. The van der Waals surface area contributed by atoms with Crippen LogP contribution in [0.15, 0.2) is 33.9 Å². The Labute approximate surface area is 131 Å². The molecule has 1 aromatic rings. The van der Waals surface area contributed by atoms with Crippen molar-refractivity contribution in [1.29, 1.82) is 0 Å². The zero-order valence-corrected chi connectivity index (χ0v) is 13.3. The Morgan fingerprint density at radius 2 is 2.10 bits per heavy atom. The van der Waals surface area contributed by atoms with E-state index in [1.54, 1.807) is 7.11 Å². The molecular weight excluding hydrogens is 334 g/mol. The first-order valence-electron chi connectivity index (χ1n) is 6.99. The predicted octanol–water partition coefficient (Wildman–Crippen LogP) is 3.07. The first-order chi connectivity index (χ1) is 10.1. The number of hydrogen-bond donors (Lipinski definition) is 1. The highest BCUT2D eigenvalue weighted by molar-refractivity contribution is 9.10. The molecule has 0 bridgehead atoms. The summed E-state index contributed by atoms with van der Waals surface area (Å²) in [4.78, 5) is 24.3. The molecule has 4 nitrogen and oxygen atoms in total. The van der Waals surface area contributed by atoms with Crippen molar-refractivity contribution < 1.29 is 14.3 Å². The van der Waals surface area contributed by atoms with Gasteiger partial charge in [0.2, 0.25) is 5.91 Å². The standard InChI is InChI=1S/C16H16BrNO3/c1-21-14-6-5-9(17)7-10(14)11-8-15(20)18-12-3-2-4-13(19)16(11)12/h5-7,11H,2-4,8H2,1H3,(H,18,20). The minimum atomic E-state index is -0.214. The Kier molecular flexibility index (Phi) is 3.85. The lowest BCUT2D eigenvalue weighted by atomic mass is 9.78. The van der Waals surface area contributed by atoms with Gasteiger partial charge in [0.05, 0.1) is 7.11 Å². The average Bonchev–Trinajstić information content (AvgIpc) is 2.46. The summed E-state index contributed by atoms with van der Waals surface area (Å²) in [6.45, 7) is 0. The number of Topliss-reactive ketones (excluding diaryl/α,β-unsaturated/α-hetero) is 1. The van der Waals surface area contributed by atoms with Crippen molar-refractivity contribution in [3.05, 3.63) is 39.5 Å². The summed E-state index contributed by atoms with van der Waals surface area (Å²) in [6.07, 6.45) is 2.42. The molecule has 1 N–H and O–H groups in total. The number of hydrogen-bond acceptors (Lipinski definition) is 3. The maximum absolute atomic E-state index is 12.3. The van der Waals surface area contributed by atoms with Crippen LogP contribution in [0, 0.1) is 0 Å². The molecular formula is C16H16BrNO3. The lowest BCUT2D eigenvalue weighted by Gasteiger charge is -2.31. The van der Waals surface area contributed by atoms with E-state index >= 15 is 0 Å². The van der Waals surface area contributed by atoms with Gasteiger partial charge in [0, 0.05) is 40.1 Å². The van der Waals surface area contributed by atoms with Gasteiger partial charge in [-0.05, 0) is 31.0 Å². The average molecular weight is 350 g/mol. The van der Waals surface area contributed by atoms with Crippen molar-refractivity contribution in [3.63, 3.8) is 0 Å². The van der Waals surface area contributed by atoms with E-state index in [0.717, 1.165) is 34.1 Å². The van der Waals surface area contributed by atoms with Gasteiger partial charge in [-0.15, -0.1) is 0 Å². The fourth-order valence-corrected chi connectivity index (χ4v) is 3.53. The van der Waals surface area contributed by atoms with E-state index in [2.05, 4.69) is 21.2 Å². The summed E-state index contributed by atoms with van der Waals surface area (Å²) in [6, 6.07) is 5.69. The topological polar surface area (TPSA) is 55.4 Å². The maximum Gasteiger partial charge on any atom is 0.225 e. The van der Waals surface area contributed by atoms with Crippen LogP contribution >= 0.6 is 15.9 Å². The van der Waals surface area contributed by atoms with Crippen LogP contribution in [-0.2, 0) is 9.59 Å². The zero-order valence-electron chi connectivity index (χ0n) is 11.7. The van der Waals surface area contributed by atoms with Crippen LogP contribution in [-0.4, -0.2) is 18.8 Å². The van der Waals surface area contributed by atoms with Gasteiger partial charge in [0.25, 0.3) is 0 Å². The molecule has 1 heterocycles. The van der Waals surface area contributed by atoms with Crippen LogP contribution in [0.25, 0.3) is 0 Å². The molecule has 110 valence electrons. The quantitative estimate of drug-likeness (QED) is 0.892. The Hall–Kier alpha value is -1.62. The molecule has 2 aliphatic rings. The predicted molar refractivity (Wildman–Crippen MR) is 82.1 cm³/mol. The van der Waals surface area contributed by atoms with Gasteiger partial charge >= 0.3 is 0 Å². The SMILES string of the molecule is COc1ccc(Br)cc1C1CC(=O)NC2=C1C(=O)CCC2. The molecule has 0 saturated heterocycles. The van der Waals surface area contributed by atoms with Crippen molar-refractivity contribution in [3.8, 4) is 5.75 Å².